The van der Waals surface area contributed by atoms with E-state index in [0.717, 1.165) is 55.2 Å². The van der Waals surface area contributed by atoms with E-state index in [2.05, 4.69) is 11.7 Å². The highest BCUT2D eigenvalue weighted by Crippen LogP contribution is 2.45. The number of benzene rings is 3. The SMILES string of the molecule is CCCCCC1CCC(C2CCC(c3ccc(-c4cc(F)c(/C=C/C(F)(F)Oc5cc(F)c(F)c(F)c5)c(F)c4)c(F)c3)CC2)CC1. The molecular weight excluding hydrogens is 624 g/mol. The van der Waals surface area contributed by atoms with Crippen molar-refractivity contribution in [3.8, 4) is 16.9 Å². The fraction of sp³-hybridized carbons (Fsp3) is 0.474. The summed E-state index contributed by atoms with van der Waals surface area (Å²) in [6, 6.07) is 6.80. The Balaban J connectivity index is 1.19. The molecule has 0 radical (unpaired) electrons. The number of ether oxygens (including phenoxy) is 1. The molecule has 3 aromatic carbocycles. The summed E-state index contributed by atoms with van der Waals surface area (Å²) in [6.45, 7) is 2.24. The fourth-order valence-corrected chi connectivity index (χ4v) is 7.44. The average Bonchev–Trinajstić information content (AvgIpc) is 3.03. The summed E-state index contributed by atoms with van der Waals surface area (Å²) in [5, 5.41) is 0. The third-order valence-electron chi connectivity index (χ3n) is 10.1. The highest BCUT2D eigenvalue weighted by atomic mass is 19.3. The molecule has 2 fully saturated rings. The fourth-order valence-electron chi connectivity index (χ4n) is 7.44. The molecule has 5 rings (SSSR count). The zero-order chi connectivity index (χ0) is 33.7. The number of rotatable bonds is 11. The van der Waals surface area contributed by atoms with Crippen LogP contribution in [0.25, 0.3) is 17.2 Å². The predicted molar refractivity (Wildman–Crippen MR) is 167 cm³/mol. The monoisotopic (exact) mass is 664 g/mol. The van der Waals surface area contributed by atoms with Gasteiger partial charge in [-0.1, -0.05) is 57.6 Å². The summed E-state index contributed by atoms with van der Waals surface area (Å²) in [5.74, 6) is -6.91. The minimum atomic E-state index is -4.26. The number of halogens is 8. The molecule has 0 unspecified atom stereocenters. The quantitative estimate of drug-likeness (QED) is 0.113. The van der Waals surface area contributed by atoms with E-state index in [1.807, 2.05) is 0 Å². The van der Waals surface area contributed by atoms with Crippen LogP contribution in [0.2, 0.25) is 0 Å². The Morgan fingerprint density at radius 1 is 0.702 bits per heavy atom. The molecular formula is C38H40F8O. The molecule has 1 nitrogen and oxygen atoms in total. The van der Waals surface area contributed by atoms with Gasteiger partial charge in [-0.15, -0.1) is 0 Å². The van der Waals surface area contributed by atoms with E-state index in [4.69, 9.17) is 0 Å². The lowest BCUT2D eigenvalue weighted by atomic mass is 9.68. The smallest absolute Gasteiger partial charge is 0.419 e. The van der Waals surface area contributed by atoms with Crippen LogP contribution in [0.4, 0.5) is 35.1 Å². The van der Waals surface area contributed by atoms with Gasteiger partial charge in [0.2, 0.25) is 0 Å². The summed E-state index contributed by atoms with van der Waals surface area (Å²) < 4.78 is 118. The van der Waals surface area contributed by atoms with Gasteiger partial charge in [-0.25, -0.2) is 26.3 Å². The van der Waals surface area contributed by atoms with E-state index in [1.165, 1.54) is 63.5 Å². The van der Waals surface area contributed by atoms with Crippen LogP contribution in [0.3, 0.4) is 0 Å². The van der Waals surface area contributed by atoms with E-state index >= 15 is 4.39 Å². The van der Waals surface area contributed by atoms with E-state index in [-0.39, 0.29) is 35.3 Å². The van der Waals surface area contributed by atoms with Crippen molar-refractivity contribution in [1.82, 2.24) is 0 Å². The number of unbranched alkanes of at least 4 members (excludes halogenated alkanes) is 2. The van der Waals surface area contributed by atoms with Crippen LogP contribution in [-0.2, 0) is 0 Å². The number of hydrogen-bond acceptors (Lipinski definition) is 1. The normalized spacial score (nSPS) is 22.1. The Labute approximate surface area is 271 Å². The van der Waals surface area contributed by atoms with E-state index in [0.29, 0.717) is 12.0 Å². The lowest BCUT2D eigenvalue weighted by Crippen LogP contribution is -2.25. The minimum Gasteiger partial charge on any atom is -0.429 e. The maximum atomic E-state index is 15.3. The summed E-state index contributed by atoms with van der Waals surface area (Å²) in [6.07, 6.45) is 10.9. The highest BCUT2D eigenvalue weighted by molar-refractivity contribution is 5.67. The van der Waals surface area contributed by atoms with Gasteiger partial charge in [0.25, 0.3) is 0 Å². The molecule has 0 aliphatic heterocycles. The first-order chi connectivity index (χ1) is 22.4. The van der Waals surface area contributed by atoms with E-state index < -0.39 is 52.3 Å². The van der Waals surface area contributed by atoms with E-state index in [1.54, 1.807) is 6.07 Å². The molecule has 2 saturated carbocycles. The van der Waals surface area contributed by atoms with Crippen molar-refractivity contribution in [1.29, 1.82) is 0 Å². The summed E-state index contributed by atoms with van der Waals surface area (Å²) >= 11 is 0. The Morgan fingerprint density at radius 3 is 1.87 bits per heavy atom. The molecule has 0 atom stereocenters. The highest BCUT2D eigenvalue weighted by Gasteiger charge is 2.32. The maximum Gasteiger partial charge on any atom is 0.419 e. The van der Waals surface area contributed by atoms with E-state index in [9.17, 15) is 30.7 Å². The van der Waals surface area contributed by atoms with Gasteiger partial charge in [-0.05, 0) is 97.6 Å². The number of alkyl halides is 2. The second-order valence-electron chi connectivity index (χ2n) is 13.2. The zero-order valence-corrected chi connectivity index (χ0v) is 26.4. The predicted octanol–water partition coefficient (Wildman–Crippen LogP) is 12.5. The third kappa shape index (κ3) is 8.76. The molecule has 254 valence electrons. The first-order valence-electron chi connectivity index (χ1n) is 16.6. The van der Waals surface area contributed by atoms with Crippen LogP contribution in [0.15, 0.2) is 48.5 Å². The van der Waals surface area contributed by atoms with Crippen molar-refractivity contribution in [2.45, 2.75) is 96.0 Å². The van der Waals surface area contributed by atoms with Crippen LogP contribution in [0.1, 0.15) is 101 Å². The lowest BCUT2D eigenvalue weighted by molar-refractivity contribution is -0.131. The minimum absolute atomic E-state index is 0.0168. The number of hydrogen-bond donors (Lipinski definition) is 0. The molecule has 3 aromatic rings. The van der Waals surface area contributed by atoms with Gasteiger partial charge in [-0.2, -0.15) is 8.78 Å². The first-order valence-corrected chi connectivity index (χ1v) is 16.6. The Kier molecular flexibility index (Phi) is 11.3. The summed E-state index contributed by atoms with van der Waals surface area (Å²) in [5.41, 5.74) is -0.129. The summed E-state index contributed by atoms with van der Waals surface area (Å²) in [7, 11) is 0. The van der Waals surface area contributed by atoms with Crippen LogP contribution >= 0.6 is 0 Å². The zero-order valence-electron chi connectivity index (χ0n) is 26.4. The van der Waals surface area contributed by atoms with Crippen molar-refractivity contribution in [3.05, 3.63) is 94.6 Å². The van der Waals surface area contributed by atoms with Crippen LogP contribution in [0, 0.1) is 52.7 Å². The lowest BCUT2D eigenvalue weighted by Gasteiger charge is -2.38. The first kappa shape index (κ1) is 35.0. The van der Waals surface area contributed by atoms with Crippen molar-refractivity contribution >= 4 is 6.08 Å². The van der Waals surface area contributed by atoms with Gasteiger partial charge < -0.3 is 4.74 Å². The van der Waals surface area contributed by atoms with Crippen molar-refractivity contribution in [3.63, 3.8) is 0 Å². The van der Waals surface area contributed by atoms with Crippen molar-refractivity contribution < 1.29 is 39.9 Å². The van der Waals surface area contributed by atoms with Crippen LogP contribution in [-0.4, -0.2) is 6.11 Å². The van der Waals surface area contributed by atoms with Gasteiger partial charge in [0.05, 0.1) is 0 Å². The second-order valence-corrected chi connectivity index (χ2v) is 13.2. The molecule has 2 aliphatic carbocycles. The summed E-state index contributed by atoms with van der Waals surface area (Å²) in [4.78, 5) is 0. The van der Waals surface area contributed by atoms with Gasteiger partial charge in [0, 0.05) is 29.3 Å². The molecule has 0 N–H and O–H groups in total. The van der Waals surface area contributed by atoms with Crippen LogP contribution < -0.4 is 4.74 Å². The average molecular weight is 665 g/mol. The Morgan fingerprint density at radius 2 is 1.30 bits per heavy atom. The van der Waals surface area contributed by atoms with Gasteiger partial charge in [0.1, 0.15) is 23.2 Å². The molecule has 47 heavy (non-hydrogen) atoms. The molecule has 0 heterocycles. The molecule has 0 amide bonds. The Hall–Kier alpha value is -3.36. The third-order valence-corrected chi connectivity index (χ3v) is 10.1. The van der Waals surface area contributed by atoms with Crippen LogP contribution in [0.5, 0.6) is 5.75 Å². The molecule has 0 spiro atoms. The van der Waals surface area contributed by atoms with Crippen molar-refractivity contribution in [2.24, 2.45) is 17.8 Å². The molecule has 9 heteroatoms. The van der Waals surface area contributed by atoms with Gasteiger partial charge in [-0.3, -0.25) is 0 Å². The topological polar surface area (TPSA) is 9.23 Å². The standard InChI is InChI=1S/C38H40F8O/c1-2-3-4-5-23-6-8-24(9-7-23)25-10-12-26(13-11-25)27-14-15-30(32(39)18-27)28-19-33(40)31(34(41)20-28)16-17-38(45,46)47-29-21-35(42)37(44)36(43)22-29/h14-26H,2-13H2,1H3/b17-16+. The second kappa shape index (κ2) is 15.2. The molecule has 0 saturated heterocycles. The van der Waals surface area contributed by atoms with Crippen molar-refractivity contribution in [2.75, 3.05) is 0 Å². The molecule has 0 bridgehead atoms. The van der Waals surface area contributed by atoms with Gasteiger partial charge in [0.15, 0.2) is 17.5 Å². The largest absolute Gasteiger partial charge is 0.429 e. The molecule has 0 aromatic heterocycles. The maximum absolute atomic E-state index is 15.3. The molecule has 2 aliphatic rings. The van der Waals surface area contributed by atoms with Gasteiger partial charge >= 0.3 is 6.11 Å². The Bertz CT molecular complexity index is 1510.